The zero-order valence-corrected chi connectivity index (χ0v) is 15.3. The zero-order chi connectivity index (χ0) is 16.1. The second-order valence-electron chi connectivity index (χ2n) is 5.72. The van der Waals surface area contributed by atoms with Gasteiger partial charge >= 0.3 is 0 Å². The van der Waals surface area contributed by atoms with E-state index in [2.05, 4.69) is 0 Å². The van der Waals surface area contributed by atoms with Crippen molar-refractivity contribution in [3.63, 3.8) is 0 Å². The summed E-state index contributed by atoms with van der Waals surface area (Å²) in [5.74, 6) is -3.02. The lowest BCUT2D eigenvalue weighted by Crippen LogP contribution is -2.51. The lowest BCUT2D eigenvalue weighted by molar-refractivity contribution is -0.142. The van der Waals surface area contributed by atoms with Gasteiger partial charge in [0, 0.05) is 6.04 Å². The van der Waals surface area contributed by atoms with E-state index in [1.165, 1.54) is 0 Å². The van der Waals surface area contributed by atoms with Gasteiger partial charge in [-0.25, -0.2) is 0 Å². The van der Waals surface area contributed by atoms with Crippen molar-refractivity contribution in [2.45, 2.75) is 34.0 Å². The molecule has 3 rings (SSSR count). The van der Waals surface area contributed by atoms with E-state index >= 15 is 0 Å². The highest BCUT2D eigenvalue weighted by Gasteiger charge is 2.87. The molecule has 3 aliphatic rings. The van der Waals surface area contributed by atoms with E-state index < -0.39 is 37.7 Å². The third-order valence-electron chi connectivity index (χ3n) is 4.46. The molecule has 21 heavy (non-hydrogen) atoms. The van der Waals surface area contributed by atoms with Gasteiger partial charge in [-0.3, -0.25) is 14.5 Å². The van der Waals surface area contributed by atoms with Crippen LogP contribution < -0.4 is 0 Å². The molecular weight excluding hydrogens is 403 g/mol. The van der Waals surface area contributed by atoms with Gasteiger partial charge < -0.3 is 0 Å². The van der Waals surface area contributed by atoms with E-state index in [0.29, 0.717) is 0 Å². The molecule has 4 unspecified atom stereocenters. The number of carbonyl (C=O) groups excluding carboxylic acids is 2. The quantitative estimate of drug-likeness (QED) is 0.485. The van der Waals surface area contributed by atoms with E-state index in [1.54, 1.807) is 13.8 Å². The van der Waals surface area contributed by atoms with Gasteiger partial charge in [-0.15, -0.1) is 23.2 Å². The molecule has 0 spiro atoms. The van der Waals surface area contributed by atoms with Crippen LogP contribution in [0.1, 0.15) is 13.8 Å². The fourth-order valence-corrected chi connectivity index (χ4v) is 6.45. The normalized spacial score (nSPS) is 44.3. The summed E-state index contributed by atoms with van der Waals surface area (Å²) in [6.07, 6.45) is 0. The molecule has 116 valence electrons. The van der Waals surface area contributed by atoms with Crippen molar-refractivity contribution >= 4 is 81.4 Å². The summed E-state index contributed by atoms with van der Waals surface area (Å²) in [6.45, 7) is 3.43. The largest absolute Gasteiger partial charge is 0.279 e. The SMILES string of the molecule is CC(C)N1C(=O)C2C(C1=O)C1(Cl)C(Cl)=C(Cl)C2(Cl)C1(Cl)Cl. The average molecular weight is 412 g/mol. The molecule has 1 aliphatic heterocycles. The number of halogens is 6. The van der Waals surface area contributed by atoms with Gasteiger partial charge in [-0.2, -0.15) is 0 Å². The zero-order valence-electron chi connectivity index (χ0n) is 10.8. The smallest absolute Gasteiger partial charge is 0.235 e. The number of carbonyl (C=O) groups is 2. The van der Waals surface area contributed by atoms with Crippen LogP contribution in [0.5, 0.6) is 0 Å². The Kier molecular flexibility index (Phi) is 3.43. The minimum absolute atomic E-state index is 0.0705. The number of alkyl halides is 4. The number of fused-ring (bicyclic) bond motifs is 5. The van der Waals surface area contributed by atoms with E-state index in [-0.39, 0.29) is 16.1 Å². The molecule has 0 radical (unpaired) electrons. The van der Waals surface area contributed by atoms with Crippen molar-refractivity contribution in [3.8, 4) is 0 Å². The number of hydrogen-bond donors (Lipinski definition) is 0. The van der Waals surface area contributed by atoms with Crippen LogP contribution in [0.25, 0.3) is 0 Å². The Bertz CT molecular complexity index is 571. The van der Waals surface area contributed by atoms with Crippen molar-refractivity contribution < 1.29 is 9.59 Å². The Morgan fingerprint density at radius 2 is 1.24 bits per heavy atom. The van der Waals surface area contributed by atoms with Crippen molar-refractivity contribution in [1.29, 1.82) is 0 Å². The van der Waals surface area contributed by atoms with Crippen molar-refractivity contribution in [2.75, 3.05) is 0 Å². The minimum atomic E-state index is -1.86. The lowest BCUT2D eigenvalue weighted by atomic mass is 9.84. The summed E-state index contributed by atoms with van der Waals surface area (Å²) in [5.41, 5.74) is 0. The number of rotatable bonds is 1. The Balaban J connectivity index is 2.28. The molecule has 1 saturated carbocycles. The molecule has 0 N–H and O–H groups in total. The fraction of sp³-hybridized carbons (Fsp3) is 0.667. The van der Waals surface area contributed by atoms with Gasteiger partial charge in [0.15, 0.2) is 4.33 Å². The van der Waals surface area contributed by atoms with Crippen LogP contribution in [0, 0.1) is 11.8 Å². The Hall–Kier alpha value is 0.620. The van der Waals surface area contributed by atoms with Gasteiger partial charge in [-0.1, -0.05) is 46.4 Å². The first kappa shape index (κ1) is 16.5. The Morgan fingerprint density at radius 3 is 1.52 bits per heavy atom. The first-order chi connectivity index (χ1) is 9.45. The highest BCUT2D eigenvalue weighted by molar-refractivity contribution is 6.66. The number of allylic oxidation sites excluding steroid dienone is 2. The summed E-state index contributed by atoms with van der Waals surface area (Å²) in [7, 11) is 0. The molecule has 0 aromatic heterocycles. The van der Waals surface area contributed by atoms with Gasteiger partial charge in [-0.05, 0) is 13.8 Å². The van der Waals surface area contributed by atoms with Crippen molar-refractivity contribution in [3.05, 3.63) is 10.1 Å². The highest BCUT2D eigenvalue weighted by Crippen LogP contribution is 2.77. The first-order valence-electron chi connectivity index (χ1n) is 6.14. The van der Waals surface area contributed by atoms with E-state index in [4.69, 9.17) is 69.6 Å². The molecule has 9 heteroatoms. The van der Waals surface area contributed by atoms with Crippen LogP contribution in [-0.4, -0.2) is 36.8 Å². The molecule has 2 amide bonds. The van der Waals surface area contributed by atoms with Crippen LogP contribution in [0.15, 0.2) is 10.1 Å². The van der Waals surface area contributed by atoms with Crippen LogP contribution >= 0.6 is 69.6 Å². The Morgan fingerprint density at radius 1 is 0.905 bits per heavy atom. The summed E-state index contributed by atoms with van der Waals surface area (Å²) in [4.78, 5) is 23.0. The van der Waals surface area contributed by atoms with E-state index in [9.17, 15) is 9.59 Å². The maximum Gasteiger partial charge on any atom is 0.235 e. The molecule has 2 bridgehead atoms. The number of imide groups is 1. The van der Waals surface area contributed by atoms with E-state index in [0.717, 1.165) is 4.90 Å². The highest BCUT2D eigenvalue weighted by atomic mass is 35.5. The van der Waals surface area contributed by atoms with Crippen molar-refractivity contribution in [1.82, 2.24) is 4.90 Å². The second-order valence-corrected chi connectivity index (χ2v) is 9.00. The van der Waals surface area contributed by atoms with Crippen LogP contribution in [0.3, 0.4) is 0 Å². The summed E-state index contributed by atoms with van der Waals surface area (Å²) in [5, 5.41) is -0.141. The minimum Gasteiger partial charge on any atom is -0.279 e. The third kappa shape index (κ3) is 1.43. The Labute approximate surface area is 151 Å². The number of hydrogen-bond acceptors (Lipinski definition) is 2. The van der Waals surface area contributed by atoms with Gasteiger partial charge in [0.05, 0.1) is 21.9 Å². The lowest BCUT2D eigenvalue weighted by Gasteiger charge is -2.35. The van der Waals surface area contributed by atoms with Gasteiger partial charge in [0.1, 0.15) is 9.75 Å². The molecule has 0 aromatic rings. The molecule has 2 fully saturated rings. The molecule has 4 atom stereocenters. The first-order valence-corrected chi connectivity index (χ1v) is 8.41. The predicted molar refractivity (Wildman–Crippen MR) is 84.3 cm³/mol. The maximum atomic E-state index is 12.6. The molecular formula is C12H9Cl6NO2. The van der Waals surface area contributed by atoms with Gasteiger partial charge in [0.2, 0.25) is 11.8 Å². The summed E-state index contributed by atoms with van der Waals surface area (Å²) in [6, 6.07) is -0.340. The molecule has 3 nitrogen and oxygen atoms in total. The predicted octanol–water partition coefficient (Wildman–Crippen LogP) is 3.84. The summed E-state index contributed by atoms with van der Waals surface area (Å²) >= 11 is 38.1. The molecule has 1 heterocycles. The van der Waals surface area contributed by atoms with Crippen LogP contribution in [0.4, 0.5) is 0 Å². The summed E-state index contributed by atoms with van der Waals surface area (Å²) < 4.78 is -1.86. The topological polar surface area (TPSA) is 37.4 Å². The number of amides is 2. The number of nitrogens with zero attached hydrogens (tertiary/aromatic N) is 1. The van der Waals surface area contributed by atoms with Crippen molar-refractivity contribution in [2.24, 2.45) is 11.8 Å². The molecule has 1 saturated heterocycles. The van der Waals surface area contributed by atoms with E-state index in [1.807, 2.05) is 0 Å². The average Bonchev–Trinajstić information content (AvgIpc) is 2.75. The second kappa shape index (κ2) is 4.37. The van der Waals surface area contributed by atoms with Crippen LogP contribution in [-0.2, 0) is 9.59 Å². The standard InChI is InChI=1S/C12H9Cl6NO2/c1-3(2)19-8(20)4-5(9(19)21)11(16)7(14)6(13)10(4,15)12(11,17)18/h3-5H,1-2H3. The number of likely N-dealkylation sites (tertiary alicyclic amines) is 1. The monoisotopic (exact) mass is 409 g/mol. The van der Waals surface area contributed by atoms with Crippen LogP contribution in [0.2, 0.25) is 0 Å². The third-order valence-corrected chi connectivity index (χ3v) is 8.72. The van der Waals surface area contributed by atoms with Gasteiger partial charge in [0.25, 0.3) is 0 Å². The molecule has 2 aliphatic carbocycles. The maximum absolute atomic E-state index is 12.6. The fourth-order valence-electron chi connectivity index (χ4n) is 3.53. The molecule has 0 aromatic carbocycles.